The Morgan fingerprint density at radius 1 is 1.15 bits per heavy atom. The Kier molecular flexibility index (Phi) is 2.12. The Morgan fingerprint density at radius 3 is 2.60 bits per heavy atom. The van der Waals surface area contributed by atoms with Gasteiger partial charge in [0.25, 0.3) is 0 Å². The Labute approximate surface area is 119 Å². The van der Waals surface area contributed by atoms with Crippen LogP contribution in [0.25, 0.3) is 11.1 Å². The number of fused-ring (bicyclic) bond motifs is 4. The molecule has 2 aromatic rings. The van der Waals surface area contributed by atoms with E-state index in [9.17, 15) is 14.6 Å². The fraction of sp³-hybridized carbons (Fsp3) is 0.200. The van der Waals surface area contributed by atoms with Crippen LogP contribution < -0.4 is 4.74 Å². The van der Waals surface area contributed by atoms with Crippen molar-refractivity contribution in [2.24, 2.45) is 0 Å². The lowest BCUT2D eigenvalue weighted by molar-refractivity contribution is 0.175. The standard InChI is InChI=1S/C15H10ClFO3/c16-10-5-8-9(6-12(10)19)15(1-2-15)20-13-4-7(18)3-11(17)14(8)13/h3-6,18-19H,1-2H2. The van der Waals surface area contributed by atoms with Crippen LogP contribution in [0.1, 0.15) is 18.4 Å². The van der Waals surface area contributed by atoms with E-state index < -0.39 is 11.4 Å². The van der Waals surface area contributed by atoms with E-state index in [0.717, 1.165) is 24.5 Å². The Hall–Kier alpha value is -1.94. The van der Waals surface area contributed by atoms with Crippen molar-refractivity contribution in [3.8, 4) is 28.4 Å². The third-order valence-corrected chi connectivity index (χ3v) is 4.20. The molecule has 1 aliphatic carbocycles. The third kappa shape index (κ3) is 1.45. The van der Waals surface area contributed by atoms with Crippen LogP contribution in [0.3, 0.4) is 0 Å². The number of ether oxygens (including phenoxy) is 1. The predicted octanol–water partition coefficient (Wildman–Crippen LogP) is 3.94. The molecule has 1 fully saturated rings. The molecular formula is C15H10ClFO3. The smallest absolute Gasteiger partial charge is 0.138 e. The van der Waals surface area contributed by atoms with E-state index >= 15 is 0 Å². The normalized spacial score (nSPS) is 17.3. The van der Waals surface area contributed by atoms with Crippen molar-refractivity contribution in [3.05, 3.63) is 40.7 Å². The van der Waals surface area contributed by atoms with Gasteiger partial charge in [-0.25, -0.2) is 4.39 Å². The molecule has 20 heavy (non-hydrogen) atoms. The summed E-state index contributed by atoms with van der Waals surface area (Å²) in [4.78, 5) is 0. The molecule has 0 aromatic heterocycles. The van der Waals surface area contributed by atoms with Gasteiger partial charge in [-0.3, -0.25) is 0 Å². The first kappa shape index (κ1) is 11.9. The van der Waals surface area contributed by atoms with Crippen molar-refractivity contribution in [2.45, 2.75) is 18.4 Å². The summed E-state index contributed by atoms with van der Waals surface area (Å²) in [5.74, 6) is -0.471. The largest absolute Gasteiger partial charge is 0.508 e. The van der Waals surface area contributed by atoms with E-state index in [4.69, 9.17) is 16.3 Å². The van der Waals surface area contributed by atoms with E-state index in [1.54, 1.807) is 12.1 Å². The van der Waals surface area contributed by atoms with Gasteiger partial charge in [0.05, 0.1) is 10.6 Å². The maximum absolute atomic E-state index is 14.2. The molecule has 0 saturated heterocycles. The second-order valence-electron chi connectivity index (χ2n) is 5.25. The fourth-order valence-electron chi connectivity index (χ4n) is 2.81. The van der Waals surface area contributed by atoms with E-state index in [1.807, 2.05) is 0 Å². The molecule has 1 spiro atoms. The van der Waals surface area contributed by atoms with Crippen LogP contribution in [0.15, 0.2) is 24.3 Å². The molecule has 3 nitrogen and oxygen atoms in total. The molecule has 5 heteroatoms. The second kappa shape index (κ2) is 3.58. The molecule has 0 bridgehead atoms. The molecule has 1 saturated carbocycles. The zero-order valence-corrected chi connectivity index (χ0v) is 11.0. The zero-order valence-electron chi connectivity index (χ0n) is 10.3. The summed E-state index contributed by atoms with van der Waals surface area (Å²) in [6.07, 6.45) is 1.58. The number of phenolic OH excluding ortho intramolecular Hbond substituents is 2. The van der Waals surface area contributed by atoms with Gasteiger partial charge >= 0.3 is 0 Å². The van der Waals surface area contributed by atoms with Crippen molar-refractivity contribution in [3.63, 3.8) is 0 Å². The molecule has 0 amide bonds. The van der Waals surface area contributed by atoms with Crippen LogP contribution in [0.4, 0.5) is 4.39 Å². The first-order valence-corrected chi connectivity index (χ1v) is 6.63. The molecule has 2 aromatic carbocycles. The van der Waals surface area contributed by atoms with Crippen molar-refractivity contribution < 1.29 is 19.3 Å². The lowest BCUT2D eigenvalue weighted by Crippen LogP contribution is -2.21. The quantitative estimate of drug-likeness (QED) is 0.773. The first-order valence-electron chi connectivity index (χ1n) is 6.25. The van der Waals surface area contributed by atoms with Gasteiger partial charge in [0.1, 0.15) is 28.7 Å². The highest BCUT2D eigenvalue weighted by Crippen LogP contribution is 2.59. The molecular weight excluding hydrogens is 283 g/mol. The van der Waals surface area contributed by atoms with Gasteiger partial charge in [0.15, 0.2) is 0 Å². The minimum Gasteiger partial charge on any atom is -0.508 e. The summed E-state index contributed by atoms with van der Waals surface area (Å²) in [7, 11) is 0. The number of hydrogen-bond acceptors (Lipinski definition) is 3. The van der Waals surface area contributed by atoms with Gasteiger partial charge in [-0.15, -0.1) is 0 Å². The van der Waals surface area contributed by atoms with Crippen LogP contribution in [0, 0.1) is 5.82 Å². The monoisotopic (exact) mass is 292 g/mol. The summed E-state index contributed by atoms with van der Waals surface area (Å²) in [6.45, 7) is 0. The summed E-state index contributed by atoms with van der Waals surface area (Å²) in [5.41, 5.74) is 1.11. The third-order valence-electron chi connectivity index (χ3n) is 3.90. The SMILES string of the molecule is Oc1cc(F)c2c(c1)OC1(CC1)c1cc(O)c(Cl)cc1-2. The number of halogens is 2. The van der Waals surface area contributed by atoms with Gasteiger partial charge < -0.3 is 14.9 Å². The topological polar surface area (TPSA) is 49.7 Å². The molecule has 102 valence electrons. The van der Waals surface area contributed by atoms with Crippen molar-refractivity contribution >= 4 is 11.6 Å². The fourth-order valence-corrected chi connectivity index (χ4v) is 2.97. The van der Waals surface area contributed by atoms with Gasteiger partial charge in [-0.1, -0.05) is 11.6 Å². The predicted molar refractivity (Wildman–Crippen MR) is 71.7 cm³/mol. The van der Waals surface area contributed by atoms with Gasteiger partial charge in [-0.2, -0.15) is 0 Å². The molecule has 0 radical (unpaired) electrons. The van der Waals surface area contributed by atoms with Crippen LogP contribution in [-0.4, -0.2) is 10.2 Å². The second-order valence-corrected chi connectivity index (χ2v) is 5.65. The van der Waals surface area contributed by atoms with E-state index in [0.29, 0.717) is 11.3 Å². The average molecular weight is 293 g/mol. The molecule has 1 heterocycles. The van der Waals surface area contributed by atoms with Gasteiger partial charge in [0.2, 0.25) is 0 Å². The Balaban J connectivity index is 2.07. The van der Waals surface area contributed by atoms with Gasteiger partial charge in [-0.05, 0) is 30.5 Å². The maximum atomic E-state index is 14.2. The van der Waals surface area contributed by atoms with E-state index in [1.165, 1.54) is 6.07 Å². The first-order chi connectivity index (χ1) is 9.50. The molecule has 2 N–H and O–H groups in total. The molecule has 0 atom stereocenters. The number of phenols is 2. The summed E-state index contributed by atoms with van der Waals surface area (Å²) >= 11 is 5.95. The lowest BCUT2D eigenvalue weighted by atomic mass is 9.90. The molecule has 2 aliphatic rings. The molecule has 1 aliphatic heterocycles. The number of benzene rings is 2. The minimum absolute atomic E-state index is 0.0390. The van der Waals surface area contributed by atoms with Crippen molar-refractivity contribution in [1.82, 2.24) is 0 Å². The highest BCUT2D eigenvalue weighted by Gasteiger charge is 2.52. The average Bonchev–Trinajstić information content (AvgIpc) is 3.11. The van der Waals surface area contributed by atoms with Crippen molar-refractivity contribution in [1.29, 1.82) is 0 Å². The summed E-state index contributed by atoms with van der Waals surface area (Å²) in [5, 5.41) is 19.5. The number of rotatable bonds is 0. The highest BCUT2D eigenvalue weighted by molar-refractivity contribution is 6.32. The van der Waals surface area contributed by atoms with E-state index in [-0.39, 0.29) is 22.1 Å². The summed E-state index contributed by atoms with van der Waals surface area (Å²) < 4.78 is 20.0. The van der Waals surface area contributed by atoms with Crippen LogP contribution >= 0.6 is 11.6 Å². The number of hydrogen-bond donors (Lipinski definition) is 2. The van der Waals surface area contributed by atoms with Crippen LogP contribution in [-0.2, 0) is 5.60 Å². The minimum atomic E-state index is -0.571. The van der Waals surface area contributed by atoms with Crippen LogP contribution in [0.5, 0.6) is 17.2 Å². The van der Waals surface area contributed by atoms with Crippen molar-refractivity contribution in [2.75, 3.05) is 0 Å². The number of aromatic hydroxyl groups is 2. The zero-order chi connectivity index (χ0) is 14.1. The molecule has 0 unspecified atom stereocenters. The van der Waals surface area contributed by atoms with Gasteiger partial charge in [0, 0.05) is 17.7 Å². The lowest BCUT2D eigenvalue weighted by Gasteiger charge is -2.29. The Morgan fingerprint density at radius 2 is 1.90 bits per heavy atom. The Bertz CT molecular complexity index is 753. The highest BCUT2D eigenvalue weighted by atomic mass is 35.5. The maximum Gasteiger partial charge on any atom is 0.138 e. The van der Waals surface area contributed by atoms with Crippen LogP contribution in [0.2, 0.25) is 5.02 Å². The van der Waals surface area contributed by atoms with E-state index in [2.05, 4.69) is 0 Å². The summed E-state index contributed by atoms with van der Waals surface area (Å²) in [6, 6.07) is 5.54. The molecule has 4 rings (SSSR count).